The highest BCUT2D eigenvalue weighted by atomic mass is 16.6. The van der Waals surface area contributed by atoms with Gasteiger partial charge in [-0.05, 0) is 26.0 Å². The number of nitrogens with zero attached hydrogens (tertiary/aromatic N) is 2. The molecule has 2 aromatic rings. The van der Waals surface area contributed by atoms with Gasteiger partial charge < -0.3 is 19.3 Å². The number of nitrogens with one attached hydrogen (secondary N) is 1. The van der Waals surface area contributed by atoms with Crippen LogP contribution in [0.4, 0.5) is 11.5 Å². The number of carbonyl (C=O) groups is 2. The first-order valence-electron chi connectivity index (χ1n) is 7.09. The third-order valence-corrected chi connectivity index (χ3v) is 3.14. The van der Waals surface area contributed by atoms with Crippen LogP contribution in [0.1, 0.15) is 23.0 Å². The van der Waals surface area contributed by atoms with E-state index in [9.17, 15) is 19.7 Å². The lowest BCUT2D eigenvalue weighted by molar-refractivity contribution is -0.385. The quantitative estimate of drug-likeness (QED) is 0.476. The summed E-state index contributed by atoms with van der Waals surface area (Å²) in [6.45, 7) is 3.01. The van der Waals surface area contributed by atoms with Crippen LogP contribution in [-0.2, 0) is 9.53 Å². The van der Waals surface area contributed by atoms with E-state index in [1.807, 2.05) is 0 Å². The van der Waals surface area contributed by atoms with Crippen LogP contribution in [0.3, 0.4) is 0 Å². The minimum atomic E-state index is -1.15. The van der Waals surface area contributed by atoms with E-state index < -0.39 is 22.9 Å². The molecule has 0 spiro atoms. The third-order valence-electron chi connectivity index (χ3n) is 3.14. The Bertz CT molecular complexity index is 815. The summed E-state index contributed by atoms with van der Waals surface area (Å²) in [6.07, 6.45) is -1.15. The molecule has 0 aliphatic rings. The molecular weight excluding hydrogens is 334 g/mol. The molecule has 1 aromatic heterocycles. The molecule has 0 saturated heterocycles. The van der Waals surface area contributed by atoms with Gasteiger partial charge in [0.15, 0.2) is 17.7 Å². The Hall–Kier alpha value is -3.43. The van der Waals surface area contributed by atoms with Crippen molar-refractivity contribution in [3.63, 3.8) is 0 Å². The maximum atomic E-state index is 12.1. The summed E-state index contributed by atoms with van der Waals surface area (Å²) >= 11 is 0. The average Bonchev–Trinajstić information content (AvgIpc) is 2.98. The normalized spacial score (nSPS) is 11.5. The molecule has 0 aliphatic carbocycles. The number of rotatable bonds is 6. The molecule has 0 radical (unpaired) electrons. The molecule has 10 heteroatoms. The summed E-state index contributed by atoms with van der Waals surface area (Å²) < 4.78 is 14.7. The number of anilines is 1. The van der Waals surface area contributed by atoms with E-state index in [0.29, 0.717) is 5.76 Å². The summed E-state index contributed by atoms with van der Waals surface area (Å²) in [5.41, 5.74) is -0.462. The van der Waals surface area contributed by atoms with E-state index in [1.54, 1.807) is 6.92 Å². The molecule has 0 bridgehead atoms. The van der Waals surface area contributed by atoms with Crippen LogP contribution in [-0.4, -0.2) is 35.2 Å². The molecule has 1 aromatic carbocycles. The molecule has 0 saturated carbocycles. The fourth-order valence-electron chi connectivity index (χ4n) is 1.89. The third kappa shape index (κ3) is 4.31. The van der Waals surface area contributed by atoms with Crippen molar-refractivity contribution in [2.24, 2.45) is 0 Å². The maximum absolute atomic E-state index is 12.1. The zero-order chi connectivity index (χ0) is 18.6. The van der Waals surface area contributed by atoms with Gasteiger partial charge in [0, 0.05) is 12.1 Å². The number of esters is 1. The average molecular weight is 349 g/mol. The van der Waals surface area contributed by atoms with Gasteiger partial charge in [-0.1, -0.05) is 5.16 Å². The Kier molecular flexibility index (Phi) is 5.32. The summed E-state index contributed by atoms with van der Waals surface area (Å²) in [6, 6.07) is 5.10. The number of aromatic nitrogens is 1. The lowest BCUT2D eigenvalue weighted by atomic mass is 10.2. The van der Waals surface area contributed by atoms with Crippen molar-refractivity contribution in [1.29, 1.82) is 0 Å². The molecule has 0 aliphatic heterocycles. The summed E-state index contributed by atoms with van der Waals surface area (Å²) in [4.78, 5) is 34.4. The number of nitro groups is 1. The van der Waals surface area contributed by atoms with Crippen molar-refractivity contribution in [3.8, 4) is 5.75 Å². The van der Waals surface area contributed by atoms with E-state index in [-0.39, 0.29) is 22.8 Å². The number of nitro benzene ring substituents is 1. The molecule has 1 heterocycles. The first kappa shape index (κ1) is 17.9. The fourth-order valence-corrected chi connectivity index (χ4v) is 1.89. The van der Waals surface area contributed by atoms with Gasteiger partial charge in [-0.2, -0.15) is 0 Å². The molecule has 25 heavy (non-hydrogen) atoms. The number of carbonyl (C=O) groups excluding carboxylic acids is 2. The molecule has 1 N–H and O–H groups in total. The Morgan fingerprint density at radius 3 is 2.64 bits per heavy atom. The van der Waals surface area contributed by atoms with Crippen LogP contribution in [0.15, 0.2) is 28.8 Å². The van der Waals surface area contributed by atoms with Crippen LogP contribution in [0, 0.1) is 17.0 Å². The predicted molar refractivity (Wildman–Crippen MR) is 84.4 cm³/mol. The number of amides is 1. The molecule has 1 unspecified atom stereocenters. The Labute approximate surface area is 141 Å². The predicted octanol–water partition coefficient (Wildman–Crippen LogP) is 2.08. The summed E-state index contributed by atoms with van der Waals surface area (Å²) in [5, 5.41) is 17.0. The lowest BCUT2D eigenvalue weighted by Gasteiger charge is -2.12. The van der Waals surface area contributed by atoms with E-state index in [4.69, 9.17) is 14.0 Å². The second-order valence-corrected chi connectivity index (χ2v) is 5.00. The van der Waals surface area contributed by atoms with E-state index >= 15 is 0 Å². The van der Waals surface area contributed by atoms with Crippen LogP contribution < -0.4 is 10.1 Å². The lowest BCUT2D eigenvalue weighted by Crippen LogP contribution is -2.30. The van der Waals surface area contributed by atoms with Crippen molar-refractivity contribution in [3.05, 3.63) is 45.7 Å². The Morgan fingerprint density at radius 1 is 1.36 bits per heavy atom. The summed E-state index contributed by atoms with van der Waals surface area (Å²) in [5.74, 6) is -0.806. The van der Waals surface area contributed by atoms with Crippen molar-refractivity contribution in [1.82, 2.24) is 5.16 Å². The molecule has 2 rings (SSSR count). The smallest absolute Gasteiger partial charge is 0.339 e. The van der Waals surface area contributed by atoms with E-state index in [2.05, 4.69) is 10.5 Å². The number of hydrogen-bond donors (Lipinski definition) is 1. The molecule has 1 amide bonds. The van der Waals surface area contributed by atoms with Gasteiger partial charge in [0.1, 0.15) is 5.76 Å². The zero-order valence-corrected chi connectivity index (χ0v) is 13.6. The van der Waals surface area contributed by atoms with Crippen LogP contribution >= 0.6 is 0 Å². The van der Waals surface area contributed by atoms with Crippen molar-refractivity contribution < 1.29 is 28.5 Å². The second-order valence-electron chi connectivity index (χ2n) is 5.00. The second kappa shape index (κ2) is 7.43. The minimum Gasteiger partial charge on any atom is -0.490 e. The van der Waals surface area contributed by atoms with Gasteiger partial charge in [0.2, 0.25) is 0 Å². The van der Waals surface area contributed by atoms with Gasteiger partial charge in [0.25, 0.3) is 5.91 Å². The number of hydrogen-bond acceptors (Lipinski definition) is 8. The first-order chi connectivity index (χ1) is 11.8. The molecule has 0 fully saturated rings. The number of methoxy groups -OCH3 is 1. The van der Waals surface area contributed by atoms with Crippen molar-refractivity contribution >= 4 is 23.4 Å². The zero-order valence-electron chi connectivity index (χ0n) is 13.6. The Balaban J connectivity index is 2.06. The molecule has 10 nitrogen and oxygen atoms in total. The van der Waals surface area contributed by atoms with E-state index in [1.165, 1.54) is 32.2 Å². The molecular formula is C15H15N3O7. The molecule has 132 valence electrons. The van der Waals surface area contributed by atoms with Gasteiger partial charge in [-0.25, -0.2) is 4.79 Å². The topological polar surface area (TPSA) is 134 Å². The van der Waals surface area contributed by atoms with Crippen molar-refractivity contribution in [2.75, 3.05) is 12.4 Å². The number of aryl methyl sites for hydroxylation is 1. The van der Waals surface area contributed by atoms with Crippen LogP contribution in [0.5, 0.6) is 5.75 Å². The van der Waals surface area contributed by atoms with Gasteiger partial charge in [-0.15, -0.1) is 0 Å². The van der Waals surface area contributed by atoms with Crippen LogP contribution in [0.25, 0.3) is 0 Å². The Morgan fingerprint density at radius 2 is 2.08 bits per heavy atom. The fraction of sp³-hybridized carbons (Fsp3) is 0.267. The minimum absolute atomic E-state index is 0.00810. The highest BCUT2D eigenvalue weighted by Crippen LogP contribution is 2.27. The van der Waals surface area contributed by atoms with Crippen LogP contribution in [0.2, 0.25) is 0 Å². The number of ether oxygens (including phenoxy) is 2. The summed E-state index contributed by atoms with van der Waals surface area (Å²) in [7, 11) is 1.28. The van der Waals surface area contributed by atoms with Gasteiger partial charge in [-0.3, -0.25) is 14.9 Å². The highest BCUT2D eigenvalue weighted by Gasteiger charge is 2.23. The molecule has 1 atom stereocenters. The van der Waals surface area contributed by atoms with Gasteiger partial charge in [0.05, 0.1) is 17.6 Å². The standard InChI is InChI=1S/C15H15N3O7/c1-8-6-13(17-25-8)16-14(19)9(2)24-15(20)10-4-5-12(23-3)11(7-10)18(21)22/h4-7,9H,1-3H3,(H,16,17,19). The first-order valence-corrected chi connectivity index (χ1v) is 7.09. The highest BCUT2D eigenvalue weighted by molar-refractivity contribution is 5.97. The number of benzene rings is 1. The SMILES string of the molecule is COc1ccc(C(=O)OC(C)C(=O)Nc2cc(C)on2)cc1[N+](=O)[O-]. The maximum Gasteiger partial charge on any atom is 0.339 e. The van der Waals surface area contributed by atoms with E-state index in [0.717, 1.165) is 6.07 Å². The largest absolute Gasteiger partial charge is 0.490 e. The van der Waals surface area contributed by atoms with Gasteiger partial charge >= 0.3 is 11.7 Å². The van der Waals surface area contributed by atoms with Crippen molar-refractivity contribution in [2.45, 2.75) is 20.0 Å². The monoisotopic (exact) mass is 349 g/mol.